The van der Waals surface area contributed by atoms with E-state index >= 15 is 0 Å². The average molecular weight is 456 g/mol. The quantitative estimate of drug-likeness (QED) is 0.721. The van der Waals surface area contributed by atoms with Crippen molar-refractivity contribution in [1.29, 1.82) is 0 Å². The Labute approximate surface area is 189 Å². The summed E-state index contributed by atoms with van der Waals surface area (Å²) in [7, 11) is -3.51. The molecule has 2 heterocycles. The van der Waals surface area contributed by atoms with Crippen LogP contribution in [0.1, 0.15) is 54.4 Å². The molecule has 0 aromatic heterocycles. The Morgan fingerprint density at radius 2 is 1.50 bits per heavy atom. The number of benzene rings is 2. The number of sulfonamides is 1. The summed E-state index contributed by atoms with van der Waals surface area (Å²) in [5.41, 5.74) is 2.03. The third-order valence-electron chi connectivity index (χ3n) is 6.08. The van der Waals surface area contributed by atoms with Crippen LogP contribution < -0.4 is 5.32 Å². The molecule has 2 aliphatic rings. The van der Waals surface area contributed by atoms with E-state index in [4.69, 9.17) is 0 Å². The van der Waals surface area contributed by atoms with Crippen molar-refractivity contribution >= 4 is 27.5 Å². The first kappa shape index (κ1) is 22.5. The van der Waals surface area contributed by atoms with E-state index in [0.29, 0.717) is 37.3 Å². The number of nitrogens with one attached hydrogen (secondary N) is 1. The maximum atomic E-state index is 12.9. The highest BCUT2D eigenvalue weighted by Gasteiger charge is 2.25. The van der Waals surface area contributed by atoms with Gasteiger partial charge in [0.15, 0.2) is 0 Å². The highest BCUT2D eigenvalue weighted by Crippen LogP contribution is 2.22. The molecule has 2 aliphatic heterocycles. The van der Waals surface area contributed by atoms with Crippen molar-refractivity contribution in [3.05, 3.63) is 59.7 Å². The number of nitrogens with zero attached hydrogens (tertiary/aromatic N) is 2. The van der Waals surface area contributed by atoms with Gasteiger partial charge >= 0.3 is 0 Å². The molecule has 2 amide bonds. The van der Waals surface area contributed by atoms with Crippen LogP contribution in [0.2, 0.25) is 0 Å². The van der Waals surface area contributed by atoms with E-state index in [-0.39, 0.29) is 16.7 Å². The van der Waals surface area contributed by atoms with E-state index in [0.717, 1.165) is 44.2 Å². The first-order valence-electron chi connectivity index (χ1n) is 11.2. The largest absolute Gasteiger partial charge is 0.338 e. The topological polar surface area (TPSA) is 86.8 Å². The molecule has 1 N–H and O–H groups in total. The fourth-order valence-electron chi connectivity index (χ4n) is 4.20. The van der Waals surface area contributed by atoms with E-state index in [1.807, 2.05) is 17.0 Å². The van der Waals surface area contributed by atoms with Gasteiger partial charge in [-0.1, -0.05) is 25.0 Å². The van der Waals surface area contributed by atoms with Crippen LogP contribution in [0, 0.1) is 0 Å². The molecule has 170 valence electrons. The van der Waals surface area contributed by atoms with Gasteiger partial charge in [-0.05, 0) is 61.2 Å². The minimum Gasteiger partial charge on any atom is -0.338 e. The summed E-state index contributed by atoms with van der Waals surface area (Å²) in [5, 5.41) is 2.81. The van der Waals surface area contributed by atoms with Gasteiger partial charge in [0.25, 0.3) is 5.91 Å². The summed E-state index contributed by atoms with van der Waals surface area (Å²) >= 11 is 0. The number of carbonyl (C=O) groups is 2. The minimum atomic E-state index is -3.51. The molecule has 32 heavy (non-hydrogen) atoms. The Morgan fingerprint density at radius 3 is 2.09 bits per heavy atom. The van der Waals surface area contributed by atoms with E-state index in [1.165, 1.54) is 0 Å². The number of likely N-dealkylation sites (tertiary alicyclic amines) is 1. The van der Waals surface area contributed by atoms with E-state index in [1.54, 1.807) is 40.7 Å². The lowest BCUT2D eigenvalue weighted by Crippen LogP contribution is -2.31. The predicted octanol–water partition coefficient (Wildman–Crippen LogP) is 3.63. The minimum absolute atomic E-state index is 0.174. The van der Waals surface area contributed by atoms with Gasteiger partial charge in [0.1, 0.15) is 0 Å². The number of hydrogen-bond acceptors (Lipinski definition) is 4. The van der Waals surface area contributed by atoms with Crippen molar-refractivity contribution in [3.63, 3.8) is 0 Å². The second kappa shape index (κ2) is 9.83. The summed E-state index contributed by atoms with van der Waals surface area (Å²) < 4.78 is 27.3. The van der Waals surface area contributed by atoms with Crippen molar-refractivity contribution in [2.24, 2.45) is 0 Å². The highest BCUT2D eigenvalue weighted by atomic mass is 32.2. The molecule has 2 fully saturated rings. The molecule has 0 radical (unpaired) electrons. The van der Waals surface area contributed by atoms with Gasteiger partial charge in [0.05, 0.1) is 4.90 Å². The Morgan fingerprint density at radius 1 is 0.844 bits per heavy atom. The Balaban J connectivity index is 1.37. The van der Waals surface area contributed by atoms with Crippen molar-refractivity contribution in [2.75, 3.05) is 25.0 Å². The fraction of sp³-hybridized carbons (Fsp3) is 0.417. The lowest BCUT2D eigenvalue weighted by molar-refractivity contribution is -0.128. The monoisotopic (exact) mass is 455 g/mol. The first-order chi connectivity index (χ1) is 15.4. The summed E-state index contributed by atoms with van der Waals surface area (Å²) in [6.07, 6.45) is 5.42. The summed E-state index contributed by atoms with van der Waals surface area (Å²) in [6.45, 7) is 2.46. The normalized spacial score (nSPS) is 17.9. The van der Waals surface area contributed by atoms with Crippen LogP contribution in [0.5, 0.6) is 0 Å². The van der Waals surface area contributed by atoms with Crippen molar-refractivity contribution in [3.8, 4) is 0 Å². The molecule has 0 spiro atoms. The molecule has 0 bridgehead atoms. The van der Waals surface area contributed by atoms with Crippen LogP contribution >= 0.6 is 0 Å². The van der Waals surface area contributed by atoms with Crippen LogP contribution in [0.3, 0.4) is 0 Å². The highest BCUT2D eigenvalue weighted by molar-refractivity contribution is 7.89. The van der Waals surface area contributed by atoms with Crippen LogP contribution in [-0.4, -0.2) is 49.1 Å². The second-order valence-electron chi connectivity index (χ2n) is 8.41. The second-order valence-corrected chi connectivity index (χ2v) is 10.4. The number of carbonyl (C=O) groups excluding carboxylic acids is 2. The maximum Gasteiger partial charge on any atom is 0.255 e. The molecule has 7 nitrogen and oxygen atoms in total. The van der Waals surface area contributed by atoms with Gasteiger partial charge in [-0.2, -0.15) is 4.31 Å². The predicted molar refractivity (Wildman–Crippen MR) is 123 cm³/mol. The SMILES string of the molecule is O=C(Nc1ccc(S(=O)(=O)N2CCCCCC2)cc1)c1ccc(CN2CCCC2=O)cc1. The van der Waals surface area contributed by atoms with Crippen molar-refractivity contribution in [1.82, 2.24) is 9.21 Å². The van der Waals surface area contributed by atoms with Gasteiger partial charge in [0, 0.05) is 43.9 Å². The molecular formula is C24H29N3O4S. The summed E-state index contributed by atoms with van der Waals surface area (Å²) in [5.74, 6) is -0.0925. The number of amides is 2. The van der Waals surface area contributed by atoms with Gasteiger partial charge in [-0.3, -0.25) is 9.59 Å². The lowest BCUT2D eigenvalue weighted by Gasteiger charge is -2.20. The number of rotatable bonds is 6. The fourth-order valence-corrected chi connectivity index (χ4v) is 5.71. The smallest absolute Gasteiger partial charge is 0.255 e. The molecule has 8 heteroatoms. The van der Waals surface area contributed by atoms with Gasteiger partial charge < -0.3 is 10.2 Å². The molecule has 4 rings (SSSR count). The Bertz CT molecular complexity index is 1060. The molecule has 0 unspecified atom stereocenters. The van der Waals surface area contributed by atoms with Crippen LogP contribution in [0.15, 0.2) is 53.4 Å². The van der Waals surface area contributed by atoms with Gasteiger partial charge in [-0.25, -0.2) is 8.42 Å². The maximum absolute atomic E-state index is 12.9. The third kappa shape index (κ3) is 5.19. The Hall–Kier alpha value is -2.71. The van der Waals surface area contributed by atoms with Gasteiger partial charge in [0.2, 0.25) is 15.9 Å². The molecule has 2 aromatic carbocycles. The zero-order chi connectivity index (χ0) is 22.6. The van der Waals surface area contributed by atoms with Crippen LogP contribution in [0.25, 0.3) is 0 Å². The molecular weight excluding hydrogens is 426 g/mol. The summed E-state index contributed by atoms with van der Waals surface area (Å²) in [6, 6.07) is 13.5. The number of hydrogen-bond donors (Lipinski definition) is 1. The average Bonchev–Trinajstić information content (AvgIpc) is 3.02. The Kier molecular flexibility index (Phi) is 6.91. The molecule has 0 saturated carbocycles. The molecule has 0 aliphatic carbocycles. The van der Waals surface area contributed by atoms with Crippen molar-refractivity contribution < 1.29 is 18.0 Å². The van der Waals surface area contributed by atoms with E-state index < -0.39 is 10.0 Å². The first-order valence-corrected chi connectivity index (χ1v) is 12.7. The number of anilines is 1. The molecule has 0 atom stereocenters. The molecule has 2 saturated heterocycles. The van der Waals surface area contributed by atoms with Crippen LogP contribution in [0.4, 0.5) is 5.69 Å². The van der Waals surface area contributed by atoms with E-state index in [2.05, 4.69) is 5.32 Å². The lowest BCUT2D eigenvalue weighted by atomic mass is 10.1. The summed E-state index contributed by atoms with van der Waals surface area (Å²) in [4.78, 5) is 26.4. The third-order valence-corrected chi connectivity index (χ3v) is 7.99. The standard InChI is InChI=1S/C24H29N3O4S/c28-23-6-5-15-26(23)18-19-7-9-20(10-8-19)24(29)25-21-11-13-22(14-12-21)32(30,31)27-16-3-1-2-4-17-27/h7-14H,1-6,15-18H2,(H,25,29). The van der Waals surface area contributed by atoms with E-state index in [9.17, 15) is 18.0 Å². The zero-order valence-electron chi connectivity index (χ0n) is 18.1. The van der Waals surface area contributed by atoms with Crippen LogP contribution in [-0.2, 0) is 21.4 Å². The molecule has 2 aromatic rings. The van der Waals surface area contributed by atoms with Gasteiger partial charge in [-0.15, -0.1) is 0 Å². The van der Waals surface area contributed by atoms with Crippen molar-refractivity contribution in [2.45, 2.75) is 50.0 Å². The zero-order valence-corrected chi connectivity index (χ0v) is 18.9.